The maximum atomic E-state index is 13.1. The number of rotatable bonds is 5. The van der Waals surface area contributed by atoms with Crippen molar-refractivity contribution in [3.05, 3.63) is 65.6 Å². The van der Waals surface area contributed by atoms with Crippen molar-refractivity contribution in [2.24, 2.45) is 5.73 Å². The van der Waals surface area contributed by atoms with E-state index in [4.69, 9.17) is 10.5 Å². The second-order valence-electron chi connectivity index (χ2n) is 5.54. The minimum absolute atomic E-state index is 0.308. The first-order chi connectivity index (χ1) is 12.0. The predicted octanol–water partition coefficient (Wildman–Crippen LogP) is 3.48. The summed E-state index contributed by atoms with van der Waals surface area (Å²) in [6, 6.07) is 11.1. The Balaban J connectivity index is 1.85. The molecule has 3 aromatic rings. The highest BCUT2D eigenvalue weighted by atomic mass is 19.1. The van der Waals surface area contributed by atoms with Crippen molar-refractivity contribution in [3.63, 3.8) is 0 Å². The number of carbonyl (C=O) groups is 1. The molecule has 0 saturated carbocycles. The van der Waals surface area contributed by atoms with Crippen molar-refractivity contribution >= 4 is 6.03 Å². The third-order valence-corrected chi connectivity index (χ3v) is 3.68. The van der Waals surface area contributed by atoms with Gasteiger partial charge in [-0.3, -0.25) is 5.10 Å². The van der Waals surface area contributed by atoms with E-state index in [0.717, 1.165) is 16.7 Å². The van der Waals surface area contributed by atoms with Gasteiger partial charge in [-0.2, -0.15) is 5.10 Å². The van der Waals surface area contributed by atoms with Crippen LogP contribution in [0.3, 0.4) is 0 Å². The molecule has 0 aliphatic carbocycles. The van der Waals surface area contributed by atoms with Gasteiger partial charge in [-0.15, -0.1) is 0 Å². The molecule has 0 fully saturated rings. The molecule has 0 saturated heterocycles. The molecule has 128 valence electrons. The van der Waals surface area contributed by atoms with Gasteiger partial charge in [0.05, 0.1) is 6.20 Å². The van der Waals surface area contributed by atoms with Gasteiger partial charge in [0.1, 0.15) is 17.3 Å². The van der Waals surface area contributed by atoms with Gasteiger partial charge in [0, 0.05) is 12.1 Å². The topological polar surface area (TPSA) is 93.0 Å². The van der Waals surface area contributed by atoms with E-state index in [2.05, 4.69) is 15.5 Å². The Morgan fingerprint density at radius 2 is 2.00 bits per heavy atom. The molecule has 2 amide bonds. The summed E-state index contributed by atoms with van der Waals surface area (Å²) >= 11 is 0. The molecule has 0 atom stereocenters. The van der Waals surface area contributed by atoms with Gasteiger partial charge in [0.25, 0.3) is 0 Å². The number of aromatic nitrogens is 2. The molecule has 25 heavy (non-hydrogen) atoms. The lowest BCUT2D eigenvalue weighted by atomic mass is 10.1. The minimum atomic E-state index is -0.587. The number of nitrogens with two attached hydrogens (primary N) is 1. The average molecular weight is 340 g/mol. The van der Waals surface area contributed by atoms with Crippen LogP contribution < -0.4 is 15.8 Å². The van der Waals surface area contributed by atoms with Gasteiger partial charge >= 0.3 is 6.03 Å². The monoisotopic (exact) mass is 340 g/mol. The van der Waals surface area contributed by atoms with E-state index < -0.39 is 6.03 Å². The summed E-state index contributed by atoms with van der Waals surface area (Å²) in [6.07, 6.45) is 1.56. The summed E-state index contributed by atoms with van der Waals surface area (Å²) in [5.41, 5.74) is 8.29. The number of halogens is 1. The lowest BCUT2D eigenvalue weighted by Crippen LogP contribution is -2.28. The highest BCUT2D eigenvalue weighted by Crippen LogP contribution is 2.33. The van der Waals surface area contributed by atoms with Crippen LogP contribution in [0.5, 0.6) is 11.5 Å². The molecular weight excluding hydrogens is 323 g/mol. The molecule has 7 heteroatoms. The zero-order valence-corrected chi connectivity index (χ0v) is 13.5. The number of aromatic amines is 1. The zero-order valence-electron chi connectivity index (χ0n) is 13.5. The highest BCUT2D eigenvalue weighted by Gasteiger charge is 2.12. The van der Waals surface area contributed by atoms with Crippen LogP contribution >= 0.6 is 0 Å². The number of urea groups is 1. The molecule has 6 nitrogen and oxygen atoms in total. The Hall–Kier alpha value is -3.35. The standard InChI is InChI=1S/C18H17FN4O2/c1-11-2-3-12(9-21-18(20)24)8-15(11)25-16-10-22-23-17(16)13-4-6-14(19)7-5-13/h2-8,10H,9H2,1H3,(H,22,23)(H3,20,21,24). The second kappa shape index (κ2) is 7.04. The number of nitrogens with one attached hydrogen (secondary N) is 2. The van der Waals surface area contributed by atoms with Crippen molar-refractivity contribution in [1.82, 2.24) is 15.5 Å². The van der Waals surface area contributed by atoms with Crippen molar-refractivity contribution in [2.45, 2.75) is 13.5 Å². The fraction of sp³-hybridized carbons (Fsp3) is 0.111. The summed E-state index contributed by atoms with van der Waals surface area (Å²) in [6.45, 7) is 2.22. The number of benzene rings is 2. The number of H-pyrrole nitrogens is 1. The summed E-state index contributed by atoms with van der Waals surface area (Å²) in [5.74, 6) is 0.847. The quantitative estimate of drug-likeness (QED) is 0.664. The van der Waals surface area contributed by atoms with E-state index in [1.165, 1.54) is 12.1 Å². The van der Waals surface area contributed by atoms with E-state index in [-0.39, 0.29) is 5.82 Å². The third kappa shape index (κ3) is 3.95. The first-order valence-corrected chi connectivity index (χ1v) is 7.63. The second-order valence-corrected chi connectivity index (χ2v) is 5.54. The molecule has 4 N–H and O–H groups in total. The number of carbonyl (C=O) groups excluding carboxylic acids is 1. The number of aryl methyl sites for hydroxylation is 1. The molecule has 1 heterocycles. The van der Waals surface area contributed by atoms with E-state index in [0.29, 0.717) is 23.7 Å². The van der Waals surface area contributed by atoms with Crippen LogP contribution in [-0.4, -0.2) is 16.2 Å². The maximum Gasteiger partial charge on any atom is 0.312 e. The number of hydrogen-bond donors (Lipinski definition) is 3. The Morgan fingerprint density at radius 3 is 2.72 bits per heavy atom. The van der Waals surface area contributed by atoms with E-state index in [1.807, 2.05) is 25.1 Å². The lowest BCUT2D eigenvalue weighted by Gasteiger charge is -2.11. The average Bonchev–Trinajstić information content (AvgIpc) is 3.04. The van der Waals surface area contributed by atoms with Crippen molar-refractivity contribution < 1.29 is 13.9 Å². The number of primary amides is 1. The minimum Gasteiger partial charge on any atom is -0.453 e. The lowest BCUT2D eigenvalue weighted by molar-refractivity contribution is 0.248. The van der Waals surface area contributed by atoms with Gasteiger partial charge in [0.2, 0.25) is 0 Å². The van der Waals surface area contributed by atoms with E-state index in [1.54, 1.807) is 18.3 Å². The Morgan fingerprint density at radius 1 is 1.24 bits per heavy atom. The number of hydrogen-bond acceptors (Lipinski definition) is 3. The fourth-order valence-corrected chi connectivity index (χ4v) is 2.35. The van der Waals surface area contributed by atoms with Crippen LogP contribution in [-0.2, 0) is 6.54 Å². The fourth-order valence-electron chi connectivity index (χ4n) is 2.35. The third-order valence-electron chi connectivity index (χ3n) is 3.68. The molecule has 0 aliphatic rings. The number of ether oxygens (including phenoxy) is 1. The van der Waals surface area contributed by atoms with Gasteiger partial charge in [0.15, 0.2) is 5.75 Å². The number of nitrogens with zero attached hydrogens (tertiary/aromatic N) is 1. The van der Waals surface area contributed by atoms with Crippen molar-refractivity contribution in [3.8, 4) is 22.8 Å². The van der Waals surface area contributed by atoms with Crippen molar-refractivity contribution in [1.29, 1.82) is 0 Å². The molecule has 2 aromatic carbocycles. The SMILES string of the molecule is Cc1ccc(CNC(N)=O)cc1Oc1cn[nH]c1-c1ccc(F)cc1. The smallest absolute Gasteiger partial charge is 0.312 e. The Labute approximate surface area is 143 Å². The van der Waals surface area contributed by atoms with E-state index >= 15 is 0 Å². The normalized spacial score (nSPS) is 10.5. The molecule has 0 unspecified atom stereocenters. The maximum absolute atomic E-state index is 13.1. The van der Waals surface area contributed by atoms with Crippen LogP contribution in [0.1, 0.15) is 11.1 Å². The van der Waals surface area contributed by atoms with Crippen LogP contribution in [0.15, 0.2) is 48.7 Å². The molecule has 0 spiro atoms. The summed E-state index contributed by atoms with van der Waals surface area (Å²) in [4.78, 5) is 10.8. The zero-order chi connectivity index (χ0) is 17.8. The van der Waals surface area contributed by atoms with Gasteiger partial charge in [-0.25, -0.2) is 9.18 Å². The van der Waals surface area contributed by atoms with Crippen LogP contribution in [0.4, 0.5) is 9.18 Å². The van der Waals surface area contributed by atoms with Gasteiger partial charge < -0.3 is 15.8 Å². The first-order valence-electron chi connectivity index (χ1n) is 7.63. The summed E-state index contributed by atoms with van der Waals surface area (Å²) in [5, 5.41) is 9.42. The van der Waals surface area contributed by atoms with Gasteiger partial charge in [-0.05, 0) is 48.4 Å². The highest BCUT2D eigenvalue weighted by molar-refractivity contribution is 5.71. The molecule has 0 bridgehead atoms. The molecule has 3 rings (SSSR count). The molecular formula is C18H17FN4O2. The summed E-state index contributed by atoms with van der Waals surface area (Å²) < 4.78 is 19.1. The molecule has 0 aliphatic heterocycles. The van der Waals surface area contributed by atoms with Crippen LogP contribution in [0.2, 0.25) is 0 Å². The summed E-state index contributed by atoms with van der Waals surface area (Å²) in [7, 11) is 0. The van der Waals surface area contributed by atoms with Gasteiger partial charge in [-0.1, -0.05) is 12.1 Å². The Kier molecular flexibility index (Phi) is 4.65. The first kappa shape index (κ1) is 16.5. The van der Waals surface area contributed by atoms with E-state index in [9.17, 15) is 9.18 Å². The van der Waals surface area contributed by atoms with Crippen LogP contribution in [0.25, 0.3) is 11.3 Å². The molecule has 1 aromatic heterocycles. The number of amides is 2. The Bertz CT molecular complexity index is 890. The predicted molar refractivity (Wildman–Crippen MR) is 91.7 cm³/mol. The molecule has 0 radical (unpaired) electrons. The largest absolute Gasteiger partial charge is 0.453 e. The van der Waals surface area contributed by atoms with Crippen molar-refractivity contribution in [2.75, 3.05) is 0 Å². The van der Waals surface area contributed by atoms with Crippen LogP contribution in [0, 0.1) is 12.7 Å².